The van der Waals surface area contributed by atoms with Crippen molar-refractivity contribution in [3.63, 3.8) is 0 Å². The van der Waals surface area contributed by atoms with E-state index in [9.17, 15) is 10.1 Å². The number of rotatable bonds is 4. The van der Waals surface area contributed by atoms with Gasteiger partial charge in [-0.05, 0) is 57.0 Å². The molecule has 4 nitrogen and oxygen atoms in total. The van der Waals surface area contributed by atoms with Crippen LogP contribution in [0.25, 0.3) is 6.08 Å². The maximum Gasteiger partial charge on any atom is 0.266 e. The Labute approximate surface area is 148 Å². The second kappa shape index (κ2) is 7.67. The smallest absolute Gasteiger partial charge is 0.266 e. The van der Waals surface area contributed by atoms with E-state index in [0.29, 0.717) is 11.3 Å². The van der Waals surface area contributed by atoms with E-state index in [4.69, 9.17) is 4.74 Å². The van der Waals surface area contributed by atoms with Gasteiger partial charge in [-0.2, -0.15) is 5.26 Å². The summed E-state index contributed by atoms with van der Waals surface area (Å²) in [7, 11) is 1.56. The van der Waals surface area contributed by atoms with Gasteiger partial charge in [-0.3, -0.25) is 4.79 Å². The van der Waals surface area contributed by atoms with Crippen molar-refractivity contribution in [1.82, 2.24) is 0 Å². The van der Waals surface area contributed by atoms with Crippen molar-refractivity contribution in [2.75, 3.05) is 12.4 Å². The zero-order chi connectivity index (χ0) is 18.6. The highest BCUT2D eigenvalue weighted by Crippen LogP contribution is 2.25. The van der Waals surface area contributed by atoms with Crippen LogP contribution in [-0.4, -0.2) is 13.0 Å². The van der Waals surface area contributed by atoms with Gasteiger partial charge in [-0.15, -0.1) is 0 Å². The van der Waals surface area contributed by atoms with E-state index in [1.807, 2.05) is 64.1 Å². The Morgan fingerprint density at radius 2 is 1.72 bits per heavy atom. The van der Waals surface area contributed by atoms with Crippen LogP contribution in [0, 0.1) is 39.0 Å². The molecule has 0 aromatic heterocycles. The molecule has 0 saturated heterocycles. The minimum absolute atomic E-state index is 0.0308. The molecular formula is C21H22N2O2. The number of amides is 1. The number of ether oxygens (including phenoxy) is 1. The highest BCUT2D eigenvalue weighted by molar-refractivity contribution is 6.10. The van der Waals surface area contributed by atoms with Gasteiger partial charge in [0, 0.05) is 11.3 Å². The van der Waals surface area contributed by atoms with Crippen LogP contribution < -0.4 is 10.1 Å². The van der Waals surface area contributed by atoms with Gasteiger partial charge >= 0.3 is 0 Å². The van der Waals surface area contributed by atoms with Gasteiger partial charge in [0.05, 0.1) is 7.11 Å². The van der Waals surface area contributed by atoms with Crippen molar-refractivity contribution in [2.24, 2.45) is 0 Å². The zero-order valence-electron chi connectivity index (χ0n) is 15.2. The maximum absolute atomic E-state index is 12.6. The van der Waals surface area contributed by atoms with Crippen molar-refractivity contribution in [2.45, 2.75) is 27.7 Å². The summed E-state index contributed by atoms with van der Waals surface area (Å²) < 4.78 is 5.31. The fraction of sp³-hybridized carbons (Fsp3) is 0.238. The van der Waals surface area contributed by atoms with Gasteiger partial charge in [0.2, 0.25) is 0 Å². The standard InChI is InChI=1S/C21H22N2O2/c1-13-6-7-19(25-5)17(10-13)11-18(12-22)21(24)23-20-15(3)8-14(2)9-16(20)4/h6-11H,1-5H3,(H,23,24)/b18-11+. The van der Waals surface area contributed by atoms with Crippen molar-refractivity contribution >= 4 is 17.7 Å². The summed E-state index contributed by atoms with van der Waals surface area (Å²) in [5, 5.41) is 12.3. The largest absolute Gasteiger partial charge is 0.496 e. The first-order valence-electron chi connectivity index (χ1n) is 8.01. The Morgan fingerprint density at radius 3 is 2.28 bits per heavy atom. The van der Waals surface area contributed by atoms with Crippen LogP contribution in [0.5, 0.6) is 5.75 Å². The number of nitriles is 1. The fourth-order valence-corrected chi connectivity index (χ4v) is 2.83. The molecule has 1 amide bonds. The number of nitrogens with one attached hydrogen (secondary N) is 1. The van der Waals surface area contributed by atoms with Crippen LogP contribution in [0.4, 0.5) is 5.69 Å². The lowest BCUT2D eigenvalue weighted by atomic mass is 10.0. The molecule has 2 aromatic rings. The van der Waals surface area contributed by atoms with Crippen LogP contribution in [0.15, 0.2) is 35.9 Å². The third kappa shape index (κ3) is 4.27. The lowest BCUT2D eigenvalue weighted by Crippen LogP contribution is -2.15. The number of benzene rings is 2. The molecule has 0 aliphatic heterocycles. The number of aryl methyl sites for hydroxylation is 4. The van der Waals surface area contributed by atoms with Gasteiger partial charge in [0.1, 0.15) is 17.4 Å². The minimum atomic E-state index is -0.430. The average molecular weight is 334 g/mol. The summed E-state index contributed by atoms with van der Waals surface area (Å²) >= 11 is 0. The van der Waals surface area contributed by atoms with E-state index in [-0.39, 0.29) is 5.57 Å². The molecule has 0 saturated carbocycles. The minimum Gasteiger partial charge on any atom is -0.496 e. The molecule has 0 heterocycles. The number of methoxy groups -OCH3 is 1. The Hall–Kier alpha value is -3.06. The van der Waals surface area contributed by atoms with Crippen LogP contribution in [-0.2, 0) is 4.79 Å². The molecule has 0 radical (unpaired) electrons. The first-order valence-corrected chi connectivity index (χ1v) is 8.01. The normalized spacial score (nSPS) is 11.0. The predicted octanol–water partition coefficient (Wildman–Crippen LogP) is 4.47. The molecule has 0 fully saturated rings. The van der Waals surface area contributed by atoms with Gasteiger partial charge in [-0.1, -0.05) is 29.3 Å². The third-order valence-electron chi connectivity index (χ3n) is 3.97. The highest BCUT2D eigenvalue weighted by Gasteiger charge is 2.14. The van der Waals surface area contributed by atoms with E-state index in [1.54, 1.807) is 13.2 Å². The predicted molar refractivity (Wildman–Crippen MR) is 101 cm³/mol. The molecule has 4 heteroatoms. The van der Waals surface area contributed by atoms with Crippen LogP contribution in [0.1, 0.15) is 27.8 Å². The Balaban J connectivity index is 2.38. The Kier molecular flexibility index (Phi) is 5.61. The number of carbonyl (C=O) groups excluding carboxylic acids is 1. The first kappa shape index (κ1) is 18.3. The van der Waals surface area contributed by atoms with E-state index in [1.165, 1.54) is 0 Å². The molecule has 128 valence electrons. The number of hydrogen-bond donors (Lipinski definition) is 1. The second-order valence-electron chi connectivity index (χ2n) is 6.14. The van der Waals surface area contributed by atoms with Crippen molar-refractivity contribution in [3.05, 3.63) is 63.7 Å². The van der Waals surface area contributed by atoms with Crippen LogP contribution >= 0.6 is 0 Å². The SMILES string of the molecule is COc1ccc(C)cc1/C=C(\C#N)C(=O)Nc1c(C)cc(C)cc1C. The lowest BCUT2D eigenvalue weighted by Gasteiger charge is -2.13. The Bertz CT molecular complexity index is 866. The second-order valence-corrected chi connectivity index (χ2v) is 6.14. The van der Waals surface area contributed by atoms with E-state index in [0.717, 1.165) is 27.9 Å². The van der Waals surface area contributed by atoms with Gasteiger partial charge in [-0.25, -0.2) is 0 Å². The van der Waals surface area contributed by atoms with Gasteiger partial charge < -0.3 is 10.1 Å². The van der Waals surface area contributed by atoms with E-state index in [2.05, 4.69) is 5.32 Å². The lowest BCUT2D eigenvalue weighted by molar-refractivity contribution is -0.112. The van der Waals surface area contributed by atoms with Crippen LogP contribution in [0.2, 0.25) is 0 Å². The molecule has 0 unspecified atom stereocenters. The van der Waals surface area contributed by atoms with Gasteiger partial charge in [0.25, 0.3) is 5.91 Å². The highest BCUT2D eigenvalue weighted by atomic mass is 16.5. The quantitative estimate of drug-likeness (QED) is 0.662. The van der Waals surface area contributed by atoms with Gasteiger partial charge in [0.15, 0.2) is 0 Å². The fourth-order valence-electron chi connectivity index (χ4n) is 2.83. The van der Waals surface area contributed by atoms with E-state index < -0.39 is 5.91 Å². The molecule has 2 aromatic carbocycles. The van der Waals surface area contributed by atoms with Crippen molar-refractivity contribution < 1.29 is 9.53 Å². The molecule has 1 N–H and O–H groups in total. The molecule has 0 aliphatic carbocycles. The average Bonchev–Trinajstić information content (AvgIpc) is 2.55. The molecule has 0 bridgehead atoms. The number of nitrogens with zero attached hydrogens (tertiary/aromatic N) is 1. The summed E-state index contributed by atoms with van der Waals surface area (Å²) in [5.41, 5.74) is 5.57. The molecule has 0 spiro atoms. The number of hydrogen-bond acceptors (Lipinski definition) is 3. The maximum atomic E-state index is 12.6. The molecular weight excluding hydrogens is 312 g/mol. The molecule has 25 heavy (non-hydrogen) atoms. The summed E-state index contributed by atoms with van der Waals surface area (Å²) in [6.07, 6.45) is 1.56. The third-order valence-corrected chi connectivity index (χ3v) is 3.97. The monoisotopic (exact) mass is 334 g/mol. The zero-order valence-corrected chi connectivity index (χ0v) is 15.2. The summed E-state index contributed by atoms with van der Waals surface area (Å²) in [6.45, 7) is 7.84. The number of carbonyl (C=O) groups is 1. The van der Waals surface area contributed by atoms with Crippen LogP contribution in [0.3, 0.4) is 0 Å². The summed E-state index contributed by atoms with van der Waals surface area (Å²) in [6, 6.07) is 11.6. The topological polar surface area (TPSA) is 62.1 Å². The Morgan fingerprint density at radius 1 is 1.08 bits per heavy atom. The number of anilines is 1. The molecule has 2 rings (SSSR count). The van der Waals surface area contributed by atoms with Crippen molar-refractivity contribution in [1.29, 1.82) is 5.26 Å². The first-order chi connectivity index (χ1) is 11.8. The van der Waals surface area contributed by atoms with Crippen molar-refractivity contribution in [3.8, 4) is 11.8 Å². The molecule has 0 aliphatic rings. The molecule has 0 atom stereocenters. The summed E-state index contributed by atoms with van der Waals surface area (Å²) in [5.74, 6) is 0.190. The summed E-state index contributed by atoms with van der Waals surface area (Å²) in [4.78, 5) is 12.6. The van der Waals surface area contributed by atoms with E-state index >= 15 is 0 Å².